The molecule has 0 aromatic rings. The summed E-state index contributed by atoms with van der Waals surface area (Å²) in [5, 5.41) is 29.5. The van der Waals surface area contributed by atoms with Crippen molar-refractivity contribution in [2.24, 2.45) is 11.7 Å². The standard InChI is InChI=1S/C17H25F3N4O5/c1-15(2,3)29-14(27)24-6-4-8(5-7-24)10(21)9-12(22)23-13(26)11(25)16(9,28)17(18,19)20/h8,11,25,28H,4-7,21H2,1-3H3,(H2,22,23,26). The topological polar surface area (TPSA) is 149 Å². The molecule has 0 bridgehead atoms. The van der Waals surface area contributed by atoms with Gasteiger partial charge in [-0.05, 0) is 33.6 Å². The molecule has 0 aliphatic carbocycles. The van der Waals surface area contributed by atoms with Crippen molar-refractivity contribution in [1.82, 2.24) is 10.2 Å². The van der Waals surface area contributed by atoms with Crippen molar-refractivity contribution >= 4 is 17.8 Å². The summed E-state index contributed by atoms with van der Waals surface area (Å²) in [6.45, 7) is 5.38. The first-order valence-electron chi connectivity index (χ1n) is 8.94. The Balaban J connectivity index is 2.29. The fraction of sp³-hybridized carbons (Fsp3) is 0.706. The van der Waals surface area contributed by atoms with Gasteiger partial charge < -0.3 is 30.9 Å². The van der Waals surface area contributed by atoms with Gasteiger partial charge in [0, 0.05) is 24.7 Å². The van der Waals surface area contributed by atoms with Crippen molar-refractivity contribution < 1.29 is 37.7 Å². The number of amides is 2. The molecule has 2 saturated heterocycles. The van der Waals surface area contributed by atoms with Gasteiger partial charge in [-0.15, -0.1) is 0 Å². The molecular weight excluding hydrogens is 397 g/mol. The summed E-state index contributed by atoms with van der Waals surface area (Å²) in [7, 11) is 0. The average molecular weight is 422 g/mol. The van der Waals surface area contributed by atoms with E-state index in [0.29, 0.717) is 0 Å². The predicted molar refractivity (Wildman–Crippen MR) is 94.6 cm³/mol. The fourth-order valence-electron chi connectivity index (χ4n) is 3.34. The number of nitrogens with zero attached hydrogens (tertiary/aromatic N) is 1. The molecular formula is C17H25F3N4O5. The maximum atomic E-state index is 13.6. The van der Waals surface area contributed by atoms with E-state index in [0.717, 1.165) is 0 Å². The molecule has 0 aromatic heterocycles. The summed E-state index contributed by atoms with van der Waals surface area (Å²) in [5.41, 5.74) is -0.344. The number of allylic oxidation sites excluding steroid dienone is 1. The molecule has 2 heterocycles. The van der Waals surface area contributed by atoms with Crippen molar-refractivity contribution in [2.75, 3.05) is 13.1 Å². The smallest absolute Gasteiger partial charge is 0.424 e. The van der Waals surface area contributed by atoms with E-state index in [4.69, 9.17) is 15.9 Å². The number of likely N-dealkylation sites (tertiary alicyclic amines) is 1. The van der Waals surface area contributed by atoms with E-state index in [-0.39, 0.29) is 25.9 Å². The Kier molecular flexibility index (Phi) is 5.92. The number of aliphatic hydroxyl groups is 2. The van der Waals surface area contributed by atoms with Crippen molar-refractivity contribution in [3.63, 3.8) is 0 Å². The highest BCUT2D eigenvalue weighted by atomic mass is 19.4. The Morgan fingerprint density at radius 2 is 1.83 bits per heavy atom. The number of alkyl halides is 3. The van der Waals surface area contributed by atoms with Gasteiger partial charge in [0.25, 0.3) is 5.91 Å². The molecule has 2 atom stereocenters. The van der Waals surface area contributed by atoms with Crippen LogP contribution in [0.25, 0.3) is 0 Å². The zero-order valence-corrected chi connectivity index (χ0v) is 16.3. The molecule has 0 aromatic carbocycles. The molecule has 164 valence electrons. The average Bonchev–Trinajstić information content (AvgIpc) is 2.57. The minimum absolute atomic E-state index is 0.139. The summed E-state index contributed by atoms with van der Waals surface area (Å²) in [5.74, 6) is -3.28. The monoisotopic (exact) mass is 422 g/mol. The first-order chi connectivity index (χ1) is 13.1. The van der Waals surface area contributed by atoms with Crippen LogP contribution in [0.5, 0.6) is 0 Å². The third kappa shape index (κ3) is 4.32. The van der Waals surface area contributed by atoms with Gasteiger partial charge in [-0.3, -0.25) is 10.2 Å². The van der Waals surface area contributed by atoms with Crippen molar-refractivity contribution in [3.8, 4) is 0 Å². The number of carbonyl (C=O) groups is 2. The second kappa shape index (κ2) is 7.48. The highest BCUT2D eigenvalue weighted by Gasteiger charge is 2.67. The van der Waals surface area contributed by atoms with Gasteiger partial charge in [0.1, 0.15) is 11.4 Å². The van der Waals surface area contributed by atoms with Gasteiger partial charge in [-0.1, -0.05) is 0 Å². The van der Waals surface area contributed by atoms with E-state index < -0.39 is 58.5 Å². The number of nitrogens with one attached hydrogen (secondary N) is 2. The Labute approximate surface area is 165 Å². The molecule has 29 heavy (non-hydrogen) atoms. The van der Waals surface area contributed by atoms with Crippen LogP contribution < -0.4 is 11.1 Å². The Morgan fingerprint density at radius 3 is 2.28 bits per heavy atom. The van der Waals surface area contributed by atoms with E-state index in [9.17, 15) is 33.0 Å². The summed E-state index contributed by atoms with van der Waals surface area (Å²) in [6.07, 6.45) is -8.58. The minimum Gasteiger partial charge on any atom is -0.444 e. The maximum absolute atomic E-state index is 13.6. The number of halogens is 3. The number of aliphatic hydroxyl groups excluding tert-OH is 1. The number of carbonyl (C=O) groups excluding carboxylic acids is 2. The van der Waals surface area contributed by atoms with Crippen LogP contribution in [0.15, 0.2) is 11.3 Å². The molecule has 2 aliphatic heterocycles. The second-order valence-electron chi connectivity index (χ2n) is 8.10. The summed E-state index contributed by atoms with van der Waals surface area (Å²) >= 11 is 0. The number of rotatable bonds is 1. The van der Waals surface area contributed by atoms with Gasteiger partial charge in [-0.25, -0.2) is 4.79 Å². The summed E-state index contributed by atoms with van der Waals surface area (Å²) < 4.78 is 46.0. The number of amidine groups is 1. The minimum atomic E-state index is -5.45. The number of hydrogen-bond acceptors (Lipinski definition) is 7. The van der Waals surface area contributed by atoms with E-state index in [1.54, 1.807) is 26.1 Å². The molecule has 9 nitrogen and oxygen atoms in total. The quantitative estimate of drug-likeness (QED) is 0.418. The Bertz CT molecular complexity index is 738. The van der Waals surface area contributed by atoms with Crippen molar-refractivity contribution in [1.29, 1.82) is 5.41 Å². The third-order valence-corrected chi connectivity index (χ3v) is 4.83. The van der Waals surface area contributed by atoms with Gasteiger partial charge in [0.2, 0.25) is 5.60 Å². The normalized spacial score (nSPS) is 28.8. The van der Waals surface area contributed by atoms with Crippen LogP contribution in [0.4, 0.5) is 18.0 Å². The SMILES string of the molecule is CC(C)(C)OC(=O)N1CCC(C(N)=C2C(=N)NC(=O)C(O)C2(O)C(F)(F)F)CC1. The highest BCUT2D eigenvalue weighted by Crippen LogP contribution is 2.43. The van der Waals surface area contributed by atoms with E-state index in [1.807, 2.05) is 0 Å². The van der Waals surface area contributed by atoms with Crippen LogP contribution >= 0.6 is 0 Å². The lowest BCUT2D eigenvalue weighted by atomic mass is 9.78. The van der Waals surface area contributed by atoms with Gasteiger partial charge in [-0.2, -0.15) is 13.2 Å². The van der Waals surface area contributed by atoms with Crippen LogP contribution in [-0.4, -0.2) is 69.5 Å². The van der Waals surface area contributed by atoms with E-state index >= 15 is 0 Å². The van der Waals surface area contributed by atoms with Crippen LogP contribution in [-0.2, 0) is 9.53 Å². The van der Waals surface area contributed by atoms with Crippen LogP contribution in [0, 0.1) is 11.3 Å². The zero-order chi connectivity index (χ0) is 22.4. The largest absolute Gasteiger partial charge is 0.444 e. The number of piperidine rings is 2. The molecule has 12 heteroatoms. The molecule has 2 aliphatic rings. The lowest BCUT2D eigenvalue weighted by molar-refractivity contribution is -0.269. The lowest BCUT2D eigenvalue weighted by Gasteiger charge is -2.42. The van der Waals surface area contributed by atoms with E-state index in [2.05, 4.69) is 0 Å². The first-order valence-corrected chi connectivity index (χ1v) is 8.94. The van der Waals surface area contributed by atoms with Crippen LogP contribution in [0.2, 0.25) is 0 Å². The molecule has 0 saturated carbocycles. The van der Waals surface area contributed by atoms with Gasteiger partial charge in [0.15, 0.2) is 6.10 Å². The molecule has 0 spiro atoms. The third-order valence-electron chi connectivity index (χ3n) is 4.83. The molecule has 2 amide bonds. The highest BCUT2D eigenvalue weighted by molar-refractivity contribution is 6.13. The first kappa shape index (κ1) is 22.9. The second-order valence-corrected chi connectivity index (χ2v) is 8.10. The van der Waals surface area contributed by atoms with Gasteiger partial charge >= 0.3 is 12.3 Å². The number of nitrogens with two attached hydrogens (primary N) is 1. The zero-order valence-electron chi connectivity index (χ0n) is 16.3. The summed E-state index contributed by atoms with van der Waals surface area (Å²) in [6, 6.07) is 0. The maximum Gasteiger partial charge on any atom is 0.424 e. The van der Waals surface area contributed by atoms with Gasteiger partial charge in [0.05, 0.1) is 5.57 Å². The lowest BCUT2D eigenvalue weighted by Crippen LogP contribution is -2.68. The molecule has 6 N–H and O–H groups in total. The Morgan fingerprint density at radius 1 is 1.31 bits per heavy atom. The van der Waals surface area contributed by atoms with Crippen LogP contribution in [0.3, 0.4) is 0 Å². The fourth-order valence-corrected chi connectivity index (χ4v) is 3.34. The van der Waals surface area contributed by atoms with E-state index in [1.165, 1.54) is 4.90 Å². The molecule has 2 unspecified atom stereocenters. The number of hydrogen-bond donors (Lipinski definition) is 5. The predicted octanol–water partition coefficient (Wildman–Crippen LogP) is 0.608. The van der Waals surface area contributed by atoms with Crippen LogP contribution in [0.1, 0.15) is 33.6 Å². The Hall–Kier alpha value is -2.34. The summed E-state index contributed by atoms with van der Waals surface area (Å²) in [4.78, 5) is 25.1. The molecule has 0 radical (unpaired) electrons. The van der Waals surface area contributed by atoms with Crippen molar-refractivity contribution in [3.05, 3.63) is 11.3 Å². The number of ether oxygens (including phenoxy) is 1. The molecule has 2 rings (SSSR count). The van der Waals surface area contributed by atoms with Crippen molar-refractivity contribution in [2.45, 2.75) is 57.1 Å². The molecule has 2 fully saturated rings.